The summed E-state index contributed by atoms with van der Waals surface area (Å²) in [6.45, 7) is 0.00204. The number of hydrogen-bond acceptors (Lipinski definition) is 7. The predicted octanol–water partition coefficient (Wildman–Crippen LogP) is 0.348. The number of aliphatic hydroxyl groups excluding tert-OH is 1. The maximum Gasteiger partial charge on any atom is 0.459 e. The van der Waals surface area contributed by atoms with Crippen LogP contribution in [-0.4, -0.2) is 42.5 Å². The molecule has 7 nitrogen and oxygen atoms in total. The largest absolute Gasteiger partial charge is 0.459 e. The van der Waals surface area contributed by atoms with E-state index in [0.717, 1.165) is 4.90 Å². The third-order valence-electron chi connectivity index (χ3n) is 2.06. The van der Waals surface area contributed by atoms with E-state index in [4.69, 9.17) is 5.11 Å². The first-order chi connectivity index (χ1) is 8.86. The molecule has 104 valence electrons. The summed E-state index contributed by atoms with van der Waals surface area (Å²) >= 11 is 1.34. The van der Waals surface area contributed by atoms with Crippen molar-refractivity contribution in [3.63, 3.8) is 0 Å². The highest BCUT2D eigenvalue weighted by atomic mass is 32.2. The normalized spacial score (nSPS) is 11.2. The van der Waals surface area contributed by atoms with E-state index in [-0.39, 0.29) is 11.5 Å². The smallest absolute Gasteiger partial charge is 0.396 e. The predicted molar refractivity (Wildman–Crippen MR) is 68.3 cm³/mol. The number of rotatable bonds is 6. The van der Waals surface area contributed by atoms with Gasteiger partial charge in [0.25, 0.3) is 0 Å². The molecule has 0 radical (unpaired) electrons. The van der Waals surface area contributed by atoms with Gasteiger partial charge in [-0.25, -0.2) is 13.2 Å². The van der Waals surface area contributed by atoms with Crippen molar-refractivity contribution in [2.24, 2.45) is 0 Å². The lowest BCUT2D eigenvalue weighted by molar-refractivity contribution is -0.399. The Labute approximate surface area is 113 Å². The van der Waals surface area contributed by atoms with Crippen molar-refractivity contribution < 1.29 is 23.2 Å². The lowest BCUT2D eigenvalue weighted by Crippen LogP contribution is -2.22. The minimum absolute atomic E-state index is 0.00204. The van der Waals surface area contributed by atoms with E-state index in [9.17, 15) is 23.3 Å². The molecular weight excluding hydrogens is 294 g/mol. The molecule has 0 spiro atoms. The molecule has 0 unspecified atom stereocenters. The molecular formula is C10H11NO6S2. The number of thioether (sulfide) groups is 1. The van der Waals surface area contributed by atoms with Gasteiger partial charge in [-0.1, -0.05) is 0 Å². The Hall–Kier alpha value is -1.45. The summed E-state index contributed by atoms with van der Waals surface area (Å²) in [6.07, 6.45) is 0. The fraction of sp³-hybridized carbons (Fsp3) is 0.300. The molecule has 19 heavy (non-hydrogen) atoms. The van der Waals surface area contributed by atoms with Crippen LogP contribution in [0.25, 0.3) is 0 Å². The average molecular weight is 305 g/mol. The third-order valence-corrected chi connectivity index (χ3v) is 4.67. The third kappa shape index (κ3) is 4.62. The highest BCUT2D eigenvalue weighted by molar-refractivity contribution is 7.99. The lowest BCUT2D eigenvalue weighted by Gasteiger charge is -2.03. The SMILES string of the molecule is O=C(CS(=O)(=O)c1ccc(SCCO)cc1)[N+](=O)[O-]. The second-order valence-electron chi connectivity index (χ2n) is 3.45. The van der Waals surface area contributed by atoms with Gasteiger partial charge in [-0.2, -0.15) is 0 Å². The number of carbonyl (C=O) groups is 1. The molecule has 0 bridgehead atoms. The number of amides is 1. The number of nitrogens with zero attached hydrogens (tertiary/aromatic N) is 1. The second-order valence-corrected chi connectivity index (χ2v) is 6.61. The van der Waals surface area contributed by atoms with Crippen LogP contribution in [0.4, 0.5) is 0 Å². The summed E-state index contributed by atoms with van der Waals surface area (Å²) in [4.78, 5) is 20.3. The Balaban J connectivity index is 2.84. The number of aliphatic hydroxyl groups is 1. The highest BCUT2D eigenvalue weighted by Crippen LogP contribution is 2.20. The van der Waals surface area contributed by atoms with E-state index < -0.39 is 26.4 Å². The summed E-state index contributed by atoms with van der Waals surface area (Å²) in [6, 6.07) is 5.60. The van der Waals surface area contributed by atoms with Crippen molar-refractivity contribution >= 4 is 27.5 Å². The van der Waals surface area contributed by atoms with Gasteiger partial charge in [0.2, 0.25) is 0 Å². The molecule has 1 rings (SSSR count). The number of benzene rings is 1. The first-order valence-corrected chi connectivity index (χ1v) is 7.74. The first kappa shape index (κ1) is 15.6. The van der Waals surface area contributed by atoms with Gasteiger partial charge in [0.05, 0.1) is 11.5 Å². The molecule has 0 atom stereocenters. The van der Waals surface area contributed by atoms with E-state index in [1.54, 1.807) is 0 Å². The van der Waals surface area contributed by atoms with Crippen LogP contribution in [0, 0.1) is 10.1 Å². The van der Waals surface area contributed by atoms with E-state index in [1.165, 1.54) is 36.0 Å². The Morgan fingerprint density at radius 3 is 2.37 bits per heavy atom. The van der Waals surface area contributed by atoms with Crippen molar-refractivity contribution in [2.75, 3.05) is 18.1 Å². The molecule has 1 aromatic rings. The van der Waals surface area contributed by atoms with E-state index in [2.05, 4.69) is 0 Å². The van der Waals surface area contributed by atoms with Crippen molar-refractivity contribution in [1.82, 2.24) is 0 Å². The molecule has 1 amide bonds. The zero-order valence-corrected chi connectivity index (χ0v) is 11.3. The summed E-state index contributed by atoms with van der Waals surface area (Å²) in [5.41, 5.74) is 0. The van der Waals surface area contributed by atoms with Crippen LogP contribution in [-0.2, 0) is 14.6 Å². The van der Waals surface area contributed by atoms with Crippen LogP contribution in [0.3, 0.4) is 0 Å². The Morgan fingerprint density at radius 2 is 1.89 bits per heavy atom. The Morgan fingerprint density at radius 1 is 1.32 bits per heavy atom. The molecule has 0 aromatic heterocycles. The van der Waals surface area contributed by atoms with Gasteiger partial charge in [0.15, 0.2) is 15.6 Å². The van der Waals surface area contributed by atoms with E-state index in [0.29, 0.717) is 5.75 Å². The average Bonchev–Trinajstić information content (AvgIpc) is 2.36. The van der Waals surface area contributed by atoms with Gasteiger partial charge in [0.1, 0.15) is 4.92 Å². The van der Waals surface area contributed by atoms with Crippen LogP contribution in [0.2, 0.25) is 0 Å². The van der Waals surface area contributed by atoms with Crippen LogP contribution >= 0.6 is 11.8 Å². The summed E-state index contributed by atoms with van der Waals surface area (Å²) in [5.74, 6) is -2.23. The maximum absolute atomic E-state index is 11.7. The van der Waals surface area contributed by atoms with Crippen molar-refractivity contribution in [3.8, 4) is 0 Å². The van der Waals surface area contributed by atoms with Gasteiger partial charge < -0.3 is 5.11 Å². The van der Waals surface area contributed by atoms with Gasteiger partial charge in [-0.15, -0.1) is 11.8 Å². The number of carbonyl (C=O) groups excluding carboxylic acids is 1. The molecule has 0 saturated carbocycles. The van der Waals surface area contributed by atoms with Crippen LogP contribution in [0.1, 0.15) is 0 Å². The van der Waals surface area contributed by atoms with Crippen molar-refractivity contribution in [3.05, 3.63) is 34.4 Å². The molecule has 0 aliphatic carbocycles. The van der Waals surface area contributed by atoms with Gasteiger partial charge >= 0.3 is 5.91 Å². The molecule has 0 aliphatic rings. The zero-order valence-electron chi connectivity index (χ0n) is 9.68. The van der Waals surface area contributed by atoms with E-state index >= 15 is 0 Å². The molecule has 0 fully saturated rings. The molecule has 0 aliphatic heterocycles. The number of hydrogen-bond donors (Lipinski definition) is 1. The monoisotopic (exact) mass is 305 g/mol. The first-order valence-electron chi connectivity index (χ1n) is 5.10. The molecule has 1 N–H and O–H groups in total. The van der Waals surface area contributed by atoms with Crippen LogP contribution in [0.15, 0.2) is 34.1 Å². The fourth-order valence-electron chi connectivity index (χ4n) is 1.21. The van der Waals surface area contributed by atoms with Gasteiger partial charge in [-0.3, -0.25) is 10.1 Å². The number of sulfone groups is 1. The Bertz CT molecular complexity index is 566. The molecule has 9 heteroatoms. The lowest BCUT2D eigenvalue weighted by atomic mass is 10.4. The zero-order chi connectivity index (χ0) is 14.5. The van der Waals surface area contributed by atoms with Gasteiger partial charge in [0, 0.05) is 10.6 Å². The molecule has 0 saturated heterocycles. The quantitative estimate of drug-likeness (QED) is 0.458. The standard InChI is InChI=1S/C10H11NO6S2/c12-5-6-18-8-1-3-9(4-2-8)19(16,17)7-10(13)11(14)15/h1-4,12H,5-7H2. The van der Waals surface area contributed by atoms with Crippen LogP contribution in [0.5, 0.6) is 0 Å². The molecule has 0 heterocycles. The minimum atomic E-state index is -3.99. The Kier molecular flexibility index (Phi) is 5.45. The van der Waals surface area contributed by atoms with Crippen molar-refractivity contribution in [1.29, 1.82) is 0 Å². The second kappa shape index (κ2) is 6.64. The van der Waals surface area contributed by atoms with Crippen LogP contribution < -0.4 is 0 Å². The fourth-order valence-corrected chi connectivity index (χ4v) is 3.01. The summed E-state index contributed by atoms with van der Waals surface area (Å²) in [7, 11) is -3.99. The summed E-state index contributed by atoms with van der Waals surface area (Å²) < 4.78 is 23.4. The molecule has 1 aromatic carbocycles. The number of nitro groups is 1. The minimum Gasteiger partial charge on any atom is -0.396 e. The van der Waals surface area contributed by atoms with Gasteiger partial charge in [-0.05, 0) is 24.3 Å². The summed E-state index contributed by atoms with van der Waals surface area (Å²) in [5, 5.41) is 18.8. The van der Waals surface area contributed by atoms with Crippen molar-refractivity contribution in [2.45, 2.75) is 9.79 Å². The van der Waals surface area contributed by atoms with E-state index in [1.807, 2.05) is 0 Å². The highest BCUT2D eigenvalue weighted by Gasteiger charge is 2.26. The maximum atomic E-state index is 11.7. The topological polar surface area (TPSA) is 115 Å².